The van der Waals surface area contributed by atoms with E-state index in [2.05, 4.69) is 10.3 Å². The molecule has 1 heterocycles. The Balaban J connectivity index is 1.86. The van der Waals surface area contributed by atoms with Crippen LogP contribution in [0, 0.1) is 0 Å². The molecule has 0 saturated heterocycles. The van der Waals surface area contributed by atoms with E-state index in [-0.39, 0.29) is 12.5 Å². The number of benzene rings is 2. The Morgan fingerprint density at radius 3 is 2.78 bits per heavy atom. The van der Waals surface area contributed by atoms with Crippen LogP contribution in [0.2, 0.25) is 6.82 Å². The maximum atomic E-state index is 12.8. The molecule has 3 rings (SSSR count). The lowest BCUT2D eigenvalue weighted by Gasteiger charge is -2.18. The molecule has 1 unspecified atom stereocenters. The number of hydrogen-bond donors (Lipinski definition) is 3. The lowest BCUT2D eigenvalue weighted by Crippen LogP contribution is -2.31. The van der Waals surface area contributed by atoms with E-state index in [4.69, 9.17) is 10.5 Å². The van der Waals surface area contributed by atoms with Crippen LogP contribution >= 0.6 is 0 Å². The molecular weight excluding hydrogens is 341 g/mol. The summed E-state index contributed by atoms with van der Waals surface area (Å²) >= 11 is 0. The van der Waals surface area contributed by atoms with Crippen LogP contribution in [0.4, 0.5) is 5.69 Å². The van der Waals surface area contributed by atoms with Gasteiger partial charge in [-0.2, -0.15) is 0 Å². The van der Waals surface area contributed by atoms with Crippen molar-refractivity contribution < 1.29 is 14.6 Å². The van der Waals surface area contributed by atoms with Gasteiger partial charge in [0.05, 0.1) is 13.0 Å². The lowest BCUT2D eigenvalue weighted by molar-refractivity contribution is -0.117. The predicted octanol–water partition coefficient (Wildman–Crippen LogP) is 1.74. The maximum Gasteiger partial charge on any atom is 0.324 e. The van der Waals surface area contributed by atoms with Crippen molar-refractivity contribution in [3.63, 3.8) is 0 Å². The number of methoxy groups -OCH3 is 1. The minimum absolute atomic E-state index is 0.148. The molecule has 3 aromatic rings. The third-order valence-electron chi connectivity index (χ3n) is 4.57. The molecule has 6 nitrogen and oxygen atoms in total. The van der Waals surface area contributed by atoms with Gasteiger partial charge in [-0.3, -0.25) is 9.78 Å². The number of anilines is 1. The summed E-state index contributed by atoms with van der Waals surface area (Å²) in [7, 11) is 1.54. The van der Waals surface area contributed by atoms with Crippen LogP contribution in [0.5, 0.6) is 5.75 Å². The van der Waals surface area contributed by atoms with Gasteiger partial charge in [-0.05, 0) is 40.7 Å². The smallest absolute Gasteiger partial charge is 0.324 e. The molecule has 0 bridgehead atoms. The van der Waals surface area contributed by atoms with Crippen LogP contribution in [-0.4, -0.2) is 36.5 Å². The quantitative estimate of drug-likeness (QED) is 0.580. The lowest BCUT2D eigenvalue weighted by atomic mass is 9.63. The normalized spacial score (nSPS) is 11.9. The monoisotopic (exact) mass is 363 g/mol. The van der Waals surface area contributed by atoms with Gasteiger partial charge < -0.3 is 20.8 Å². The molecule has 2 aromatic carbocycles. The van der Waals surface area contributed by atoms with Gasteiger partial charge in [-0.15, -0.1) is 0 Å². The molecule has 0 radical (unpaired) electrons. The van der Waals surface area contributed by atoms with Crippen LogP contribution in [0.25, 0.3) is 10.8 Å². The number of ether oxygens (including phenoxy) is 1. The van der Waals surface area contributed by atoms with Gasteiger partial charge in [0.25, 0.3) is 0 Å². The second-order valence-electron chi connectivity index (χ2n) is 6.39. The molecular formula is C20H22BN3O3. The van der Waals surface area contributed by atoms with Crippen molar-refractivity contribution in [1.29, 1.82) is 0 Å². The molecule has 0 aliphatic heterocycles. The largest absolute Gasteiger partial charge is 0.497 e. The summed E-state index contributed by atoms with van der Waals surface area (Å²) in [5.74, 6) is -0.165. The average molecular weight is 363 g/mol. The maximum absolute atomic E-state index is 12.8. The van der Waals surface area contributed by atoms with Crippen molar-refractivity contribution in [2.24, 2.45) is 5.73 Å². The van der Waals surface area contributed by atoms with E-state index >= 15 is 0 Å². The zero-order chi connectivity index (χ0) is 19.4. The van der Waals surface area contributed by atoms with Crippen molar-refractivity contribution in [3.05, 3.63) is 60.4 Å². The summed E-state index contributed by atoms with van der Waals surface area (Å²) in [6.45, 7) is 1.09. The Hall–Kier alpha value is -2.90. The fourth-order valence-corrected chi connectivity index (χ4v) is 3.08. The van der Waals surface area contributed by atoms with E-state index in [0.717, 1.165) is 16.3 Å². The molecule has 0 aliphatic carbocycles. The summed E-state index contributed by atoms with van der Waals surface area (Å²) in [6.07, 6.45) is 3.49. The number of nitrogens with one attached hydrogen (secondary N) is 1. The Kier molecular flexibility index (Phi) is 5.73. The van der Waals surface area contributed by atoms with Crippen LogP contribution in [-0.2, 0) is 4.79 Å². The van der Waals surface area contributed by atoms with Gasteiger partial charge in [0, 0.05) is 30.0 Å². The fraction of sp³-hybridized carbons (Fsp3) is 0.200. The summed E-state index contributed by atoms with van der Waals surface area (Å²) in [6, 6.07) is 12.9. The second kappa shape index (κ2) is 8.20. The highest BCUT2D eigenvalue weighted by atomic mass is 16.5. The number of aromatic nitrogens is 1. The van der Waals surface area contributed by atoms with Crippen molar-refractivity contribution >= 4 is 34.7 Å². The highest BCUT2D eigenvalue weighted by Crippen LogP contribution is 2.22. The van der Waals surface area contributed by atoms with Gasteiger partial charge >= 0.3 is 6.92 Å². The zero-order valence-corrected chi connectivity index (χ0v) is 15.3. The highest BCUT2D eigenvalue weighted by molar-refractivity contribution is 6.65. The molecule has 4 N–H and O–H groups in total. The number of carbonyl (C=O) groups excluding carboxylic acids is 1. The van der Waals surface area contributed by atoms with Gasteiger partial charge in [-0.25, -0.2) is 0 Å². The Bertz CT molecular complexity index is 962. The summed E-state index contributed by atoms with van der Waals surface area (Å²) in [5.41, 5.74) is 7.94. The molecule has 0 spiro atoms. The third-order valence-corrected chi connectivity index (χ3v) is 4.57. The molecule has 1 aromatic heterocycles. The summed E-state index contributed by atoms with van der Waals surface area (Å²) in [5, 5.41) is 14.9. The highest BCUT2D eigenvalue weighted by Gasteiger charge is 2.22. The molecule has 0 aliphatic rings. The van der Waals surface area contributed by atoms with Gasteiger partial charge in [0.2, 0.25) is 5.91 Å². The Morgan fingerprint density at radius 2 is 2.07 bits per heavy atom. The number of pyridine rings is 1. The molecule has 1 atom stereocenters. The van der Waals surface area contributed by atoms with Crippen molar-refractivity contribution in [2.45, 2.75) is 12.7 Å². The minimum Gasteiger partial charge on any atom is -0.497 e. The van der Waals surface area contributed by atoms with Gasteiger partial charge in [0.15, 0.2) is 0 Å². The van der Waals surface area contributed by atoms with Crippen molar-refractivity contribution in [1.82, 2.24) is 4.98 Å². The number of nitrogens with two attached hydrogens (primary N) is 1. The van der Waals surface area contributed by atoms with E-state index < -0.39 is 12.8 Å². The van der Waals surface area contributed by atoms with Crippen LogP contribution in [0.3, 0.4) is 0 Å². The SMILES string of the molecule is COc1ccc(C(CN)C(=O)Nc2ccc3cnccc3c2)cc1B(C)O. The van der Waals surface area contributed by atoms with Crippen molar-refractivity contribution in [2.75, 3.05) is 19.0 Å². The molecule has 7 heteroatoms. The van der Waals surface area contributed by atoms with Gasteiger partial charge in [0.1, 0.15) is 5.75 Å². The molecule has 0 saturated carbocycles. The average Bonchev–Trinajstić information content (AvgIpc) is 2.68. The summed E-state index contributed by atoms with van der Waals surface area (Å²) < 4.78 is 5.28. The topological polar surface area (TPSA) is 97.5 Å². The minimum atomic E-state index is -0.713. The number of amides is 1. The van der Waals surface area contributed by atoms with Crippen LogP contribution in [0.1, 0.15) is 11.5 Å². The molecule has 1 amide bonds. The predicted molar refractivity (Wildman–Crippen MR) is 109 cm³/mol. The zero-order valence-electron chi connectivity index (χ0n) is 15.3. The Morgan fingerprint density at radius 1 is 1.26 bits per heavy atom. The second-order valence-corrected chi connectivity index (χ2v) is 6.39. The Labute approximate surface area is 158 Å². The molecule has 138 valence electrons. The number of nitrogens with zero attached hydrogens (tertiary/aromatic N) is 1. The molecule has 27 heavy (non-hydrogen) atoms. The summed E-state index contributed by atoms with van der Waals surface area (Å²) in [4.78, 5) is 16.9. The van der Waals surface area contributed by atoms with Crippen LogP contribution < -0.4 is 21.3 Å². The van der Waals surface area contributed by atoms with E-state index in [1.54, 1.807) is 44.5 Å². The first-order valence-electron chi connectivity index (χ1n) is 8.74. The standard InChI is InChI=1S/C20H22BN3O3/c1-21(26)18-10-14(4-6-19(18)27-2)17(11-22)20(25)24-16-5-3-15-12-23-8-7-13(15)9-16/h3-10,12,17,26H,11,22H2,1-2H3,(H,24,25). The van der Waals surface area contributed by atoms with Gasteiger partial charge in [-0.1, -0.05) is 25.0 Å². The first-order chi connectivity index (χ1) is 13.0. The number of carbonyl (C=O) groups is 1. The number of fused-ring (bicyclic) bond motifs is 1. The van der Waals surface area contributed by atoms with E-state index in [1.807, 2.05) is 24.3 Å². The number of hydrogen-bond acceptors (Lipinski definition) is 5. The first kappa shape index (κ1) is 18.9. The van der Waals surface area contributed by atoms with E-state index in [9.17, 15) is 9.82 Å². The number of rotatable bonds is 6. The van der Waals surface area contributed by atoms with Crippen LogP contribution in [0.15, 0.2) is 54.9 Å². The van der Waals surface area contributed by atoms with E-state index in [0.29, 0.717) is 16.9 Å². The first-order valence-corrected chi connectivity index (χ1v) is 8.74. The fourth-order valence-electron chi connectivity index (χ4n) is 3.08. The van der Waals surface area contributed by atoms with E-state index in [1.165, 1.54) is 0 Å². The van der Waals surface area contributed by atoms with Crippen molar-refractivity contribution in [3.8, 4) is 5.75 Å². The third kappa shape index (κ3) is 4.10. The molecule has 0 fully saturated rings.